The monoisotopic (exact) mass is 289 g/mol. The van der Waals surface area contributed by atoms with E-state index in [9.17, 15) is 4.39 Å². The smallest absolute Gasteiger partial charge is 0.165 e. The lowest BCUT2D eigenvalue weighted by atomic mass is 10.2. The number of hydrogen-bond donors (Lipinski definition) is 1. The molecular formula is C15H16FN3O2. The normalized spacial score (nSPS) is 10.3. The maximum atomic E-state index is 13.3. The largest absolute Gasteiger partial charge is 0.484 e. The van der Waals surface area contributed by atoms with Gasteiger partial charge in [0.25, 0.3) is 0 Å². The van der Waals surface area contributed by atoms with Crippen molar-refractivity contribution in [3.05, 3.63) is 41.7 Å². The number of ether oxygens (including phenoxy) is 1. The zero-order chi connectivity index (χ0) is 15.2. The molecule has 0 spiro atoms. The van der Waals surface area contributed by atoms with E-state index in [0.29, 0.717) is 17.1 Å². The summed E-state index contributed by atoms with van der Waals surface area (Å²) in [6.45, 7) is 3.87. The van der Waals surface area contributed by atoms with Crippen LogP contribution < -0.4 is 4.74 Å². The number of halogens is 1. The average Bonchev–Trinajstić information content (AvgIpc) is 2.92. The van der Waals surface area contributed by atoms with Gasteiger partial charge >= 0.3 is 0 Å². The second-order valence-corrected chi connectivity index (χ2v) is 4.60. The number of benzene rings is 1. The molecule has 0 unspecified atom stereocenters. The molecule has 2 aromatic rings. The van der Waals surface area contributed by atoms with Crippen LogP contribution in [0, 0.1) is 17.7 Å². The van der Waals surface area contributed by atoms with Gasteiger partial charge in [-0.15, -0.1) is 0 Å². The van der Waals surface area contributed by atoms with E-state index in [0.717, 1.165) is 0 Å². The minimum atomic E-state index is -0.412. The van der Waals surface area contributed by atoms with Crippen molar-refractivity contribution in [3.8, 4) is 17.6 Å². The summed E-state index contributed by atoms with van der Waals surface area (Å²) in [5, 5.41) is 12.8. The van der Waals surface area contributed by atoms with E-state index >= 15 is 0 Å². The highest BCUT2D eigenvalue weighted by Crippen LogP contribution is 2.20. The summed E-state index contributed by atoms with van der Waals surface area (Å²) in [6, 6.07) is 4.23. The summed E-state index contributed by atoms with van der Waals surface area (Å²) in [4.78, 5) is 4.12. The molecule has 0 saturated carbocycles. The van der Waals surface area contributed by atoms with Crippen LogP contribution in [0.2, 0.25) is 0 Å². The Kier molecular flexibility index (Phi) is 4.90. The Balaban J connectivity index is 2.19. The Hall–Kier alpha value is -2.39. The van der Waals surface area contributed by atoms with Crippen LogP contribution in [0.15, 0.2) is 24.5 Å². The molecule has 0 atom stereocenters. The third kappa shape index (κ3) is 3.80. The summed E-state index contributed by atoms with van der Waals surface area (Å²) in [7, 11) is 0. The molecule has 6 heteroatoms. The maximum absolute atomic E-state index is 13.3. The van der Waals surface area contributed by atoms with Gasteiger partial charge in [-0.2, -0.15) is 5.10 Å². The van der Waals surface area contributed by atoms with Gasteiger partial charge in [-0.1, -0.05) is 11.8 Å². The van der Waals surface area contributed by atoms with Gasteiger partial charge in [-0.3, -0.25) is 0 Å². The van der Waals surface area contributed by atoms with Gasteiger partial charge in [0, 0.05) is 12.1 Å². The number of aromatic nitrogens is 3. The molecule has 2 rings (SSSR count). The predicted octanol–water partition coefficient (Wildman–Crippen LogP) is 1.92. The van der Waals surface area contributed by atoms with Crippen molar-refractivity contribution in [1.29, 1.82) is 0 Å². The Morgan fingerprint density at radius 3 is 2.95 bits per heavy atom. The number of aliphatic hydroxyl groups is 1. The van der Waals surface area contributed by atoms with Gasteiger partial charge in [-0.25, -0.2) is 14.1 Å². The molecule has 110 valence electrons. The van der Waals surface area contributed by atoms with Gasteiger partial charge in [-0.05, 0) is 26.0 Å². The Morgan fingerprint density at radius 1 is 1.43 bits per heavy atom. The fraction of sp³-hybridized carbons (Fsp3) is 0.333. The number of rotatable bonds is 4. The molecule has 1 heterocycles. The molecule has 0 aliphatic rings. The molecule has 1 N–H and O–H groups in total. The molecule has 0 aliphatic carbocycles. The van der Waals surface area contributed by atoms with E-state index < -0.39 is 5.82 Å². The third-order valence-electron chi connectivity index (χ3n) is 2.74. The van der Waals surface area contributed by atoms with Crippen molar-refractivity contribution in [2.24, 2.45) is 0 Å². The first-order valence-corrected chi connectivity index (χ1v) is 6.52. The molecule has 0 aliphatic heterocycles. The predicted molar refractivity (Wildman–Crippen MR) is 75.1 cm³/mol. The molecule has 1 aromatic heterocycles. The summed E-state index contributed by atoms with van der Waals surface area (Å²) in [6.07, 6.45) is 1.46. The van der Waals surface area contributed by atoms with Crippen molar-refractivity contribution in [2.45, 2.75) is 26.5 Å². The lowest BCUT2D eigenvalue weighted by Crippen LogP contribution is -2.11. The summed E-state index contributed by atoms with van der Waals surface area (Å²) in [5.74, 6) is 5.79. The fourth-order valence-corrected chi connectivity index (χ4v) is 1.80. The average molecular weight is 289 g/mol. The summed E-state index contributed by atoms with van der Waals surface area (Å²) >= 11 is 0. The molecule has 0 radical (unpaired) electrons. The molecule has 0 amide bonds. The summed E-state index contributed by atoms with van der Waals surface area (Å²) < 4.78 is 20.7. The van der Waals surface area contributed by atoms with E-state index in [-0.39, 0.29) is 19.3 Å². The first kappa shape index (κ1) is 15.0. The molecule has 0 bridgehead atoms. The molecule has 5 nitrogen and oxygen atoms in total. The highest BCUT2D eigenvalue weighted by Gasteiger charge is 2.10. The van der Waals surface area contributed by atoms with Crippen molar-refractivity contribution < 1.29 is 14.2 Å². The van der Waals surface area contributed by atoms with Gasteiger partial charge in [0.15, 0.2) is 5.82 Å². The van der Waals surface area contributed by atoms with Crippen molar-refractivity contribution >= 4 is 0 Å². The van der Waals surface area contributed by atoms with Crippen LogP contribution >= 0.6 is 0 Å². The SMILES string of the molecule is CC(C)n1ncnc1COc1cc(F)ccc1C#CCO. The minimum Gasteiger partial charge on any atom is -0.484 e. The van der Waals surface area contributed by atoms with Crippen molar-refractivity contribution in [2.75, 3.05) is 6.61 Å². The maximum Gasteiger partial charge on any atom is 0.165 e. The Bertz CT molecular complexity index is 671. The third-order valence-corrected chi connectivity index (χ3v) is 2.74. The first-order valence-electron chi connectivity index (χ1n) is 6.52. The van der Waals surface area contributed by atoms with E-state index in [1.54, 1.807) is 4.68 Å². The second kappa shape index (κ2) is 6.86. The summed E-state index contributed by atoms with van der Waals surface area (Å²) in [5.41, 5.74) is 0.515. The number of hydrogen-bond acceptors (Lipinski definition) is 4. The highest BCUT2D eigenvalue weighted by atomic mass is 19.1. The van der Waals surface area contributed by atoms with E-state index in [1.807, 2.05) is 13.8 Å². The molecule has 0 fully saturated rings. The quantitative estimate of drug-likeness (QED) is 0.874. The van der Waals surface area contributed by atoms with Crippen molar-refractivity contribution in [3.63, 3.8) is 0 Å². The van der Waals surface area contributed by atoms with E-state index in [2.05, 4.69) is 21.9 Å². The first-order chi connectivity index (χ1) is 10.1. The van der Waals surface area contributed by atoms with Crippen molar-refractivity contribution in [1.82, 2.24) is 14.8 Å². The van der Waals surface area contributed by atoms with Gasteiger partial charge in [0.1, 0.15) is 31.1 Å². The molecule has 1 aromatic carbocycles. The van der Waals surface area contributed by atoms with Crippen LogP contribution in [-0.4, -0.2) is 26.5 Å². The topological polar surface area (TPSA) is 60.2 Å². The van der Waals surface area contributed by atoms with E-state index in [4.69, 9.17) is 9.84 Å². The zero-order valence-electron chi connectivity index (χ0n) is 11.9. The van der Waals surface area contributed by atoms with Crippen LogP contribution in [-0.2, 0) is 6.61 Å². The standard InChI is InChI=1S/C15H16FN3O2/c1-11(2)19-15(17-10-18-19)9-21-14-8-13(16)6-5-12(14)4-3-7-20/h5-6,8,10-11,20H,7,9H2,1-2H3. The number of aliphatic hydroxyl groups excluding tert-OH is 1. The van der Waals surface area contributed by atoms with Crippen LogP contribution in [0.1, 0.15) is 31.3 Å². The number of nitrogens with zero attached hydrogens (tertiary/aromatic N) is 3. The Labute approximate surface area is 122 Å². The molecule has 21 heavy (non-hydrogen) atoms. The minimum absolute atomic E-state index is 0.160. The zero-order valence-corrected chi connectivity index (χ0v) is 11.9. The lowest BCUT2D eigenvalue weighted by Gasteiger charge is -2.11. The van der Waals surface area contributed by atoms with Gasteiger partial charge in [0.05, 0.1) is 5.56 Å². The fourth-order valence-electron chi connectivity index (χ4n) is 1.80. The highest BCUT2D eigenvalue weighted by molar-refractivity contribution is 5.46. The van der Waals surface area contributed by atoms with Crippen LogP contribution in [0.5, 0.6) is 5.75 Å². The van der Waals surface area contributed by atoms with E-state index in [1.165, 1.54) is 24.5 Å². The lowest BCUT2D eigenvalue weighted by molar-refractivity contribution is 0.280. The van der Waals surface area contributed by atoms with Gasteiger partial charge < -0.3 is 9.84 Å². The van der Waals surface area contributed by atoms with Crippen LogP contribution in [0.4, 0.5) is 4.39 Å². The van der Waals surface area contributed by atoms with Crippen LogP contribution in [0.25, 0.3) is 0 Å². The molecule has 0 saturated heterocycles. The van der Waals surface area contributed by atoms with Gasteiger partial charge in [0.2, 0.25) is 0 Å². The second-order valence-electron chi connectivity index (χ2n) is 4.60. The van der Waals surface area contributed by atoms with Crippen LogP contribution in [0.3, 0.4) is 0 Å². The molecular weight excluding hydrogens is 273 g/mol. The Morgan fingerprint density at radius 2 is 2.24 bits per heavy atom.